The average molecular weight is 254 g/mol. The van der Waals surface area contributed by atoms with Crippen LogP contribution in [0.15, 0.2) is 5.38 Å². The SMILES string of the molecule is NCCc1nc(C(=O)CC2CCOCC2)cs1. The van der Waals surface area contributed by atoms with Crippen molar-refractivity contribution in [3.63, 3.8) is 0 Å². The second-order valence-electron chi connectivity index (χ2n) is 4.35. The minimum absolute atomic E-state index is 0.163. The van der Waals surface area contributed by atoms with E-state index >= 15 is 0 Å². The molecule has 1 saturated heterocycles. The van der Waals surface area contributed by atoms with E-state index in [4.69, 9.17) is 10.5 Å². The first-order valence-electron chi connectivity index (χ1n) is 6.05. The monoisotopic (exact) mass is 254 g/mol. The lowest BCUT2D eigenvalue weighted by molar-refractivity contribution is 0.0599. The van der Waals surface area contributed by atoms with Crippen LogP contribution in [0.3, 0.4) is 0 Å². The third-order valence-electron chi connectivity index (χ3n) is 3.01. The maximum Gasteiger partial charge on any atom is 0.182 e. The summed E-state index contributed by atoms with van der Waals surface area (Å²) in [6.45, 7) is 2.15. The highest BCUT2D eigenvalue weighted by molar-refractivity contribution is 7.09. The number of aromatic nitrogens is 1. The molecule has 0 saturated carbocycles. The predicted molar refractivity (Wildman–Crippen MR) is 67.4 cm³/mol. The number of hydrogen-bond acceptors (Lipinski definition) is 5. The quantitative estimate of drug-likeness (QED) is 0.811. The first-order valence-corrected chi connectivity index (χ1v) is 6.93. The Hall–Kier alpha value is -0.780. The second kappa shape index (κ2) is 6.23. The summed E-state index contributed by atoms with van der Waals surface area (Å²) in [5, 5.41) is 2.81. The van der Waals surface area contributed by atoms with E-state index < -0.39 is 0 Å². The van der Waals surface area contributed by atoms with Crippen molar-refractivity contribution in [1.29, 1.82) is 0 Å². The number of carbonyl (C=O) groups is 1. The number of nitrogens with two attached hydrogens (primary N) is 1. The number of nitrogens with zero attached hydrogens (tertiary/aromatic N) is 1. The molecular weight excluding hydrogens is 236 g/mol. The fourth-order valence-corrected chi connectivity index (χ4v) is 2.81. The van der Waals surface area contributed by atoms with E-state index in [1.54, 1.807) is 0 Å². The molecule has 17 heavy (non-hydrogen) atoms. The van der Waals surface area contributed by atoms with Gasteiger partial charge in [-0.15, -0.1) is 11.3 Å². The molecule has 1 aromatic rings. The zero-order valence-corrected chi connectivity index (χ0v) is 10.7. The Kier molecular flexibility index (Phi) is 4.65. The first kappa shape index (κ1) is 12.7. The van der Waals surface area contributed by atoms with Crippen LogP contribution in [-0.4, -0.2) is 30.5 Å². The molecule has 0 atom stereocenters. The van der Waals surface area contributed by atoms with Gasteiger partial charge in [0, 0.05) is 31.4 Å². The van der Waals surface area contributed by atoms with Crippen molar-refractivity contribution in [2.45, 2.75) is 25.7 Å². The van der Waals surface area contributed by atoms with Crippen LogP contribution in [0.4, 0.5) is 0 Å². The van der Waals surface area contributed by atoms with Crippen LogP contribution in [0, 0.1) is 5.92 Å². The van der Waals surface area contributed by atoms with E-state index in [0.29, 0.717) is 24.6 Å². The minimum atomic E-state index is 0.163. The zero-order valence-electron chi connectivity index (χ0n) is 9.85. The Balaban J connectivity index is 1.89. The fraction of sp³-hybridized carbons (Fsp3) is 0.667. The lowest BCUT2D eigenvalue weighted by Crippen LogP contribution is -2.19. The summed E-state index contributed by atoms with van der Waals surface area (Å²) in [6, 6.07) is 0. The molecule has 0 bridgehead atoms. The molecule has 0 unspecified atom stereocenters. The number of hydrogen-bond donors (Lipinski definition) is 1. The van der Waals surface area contributed by atoms with Crippen LogP contribution < -0.4 is 5.73 Å². The number of thiazole rings is 1. The second-order valence-corrected chi connectivity index (χ2v) is 5.29. The summed E-state index contributed by atoms with van der Waals surface area (Å²) in [4.78, 5) is 16.3. The van der Waals surface area contributed by atoms with Crippen molar-refractivity contribution in [1.82, 2.24) is 4.98 Å². The molecule has 1 aliphatic rings. The molecule has 0 amide bonds. The molecule has 5 heteroatoms. The zero-order chi connectivity index (χ0) is 12.1. The third kappa shape index (κ3) is 3.59. The van der Waals surface area contributed by atoms with Gasteiger partial charge in [-0.25, -0.2) is 4.98 Å². The van der Waals surface area contributed by atoms with E-state index in [1.807, 2.05) is 5.38 Å². The van der Waals surface area contributed by atoms with Crippen molar-refractivity contribution < 1.29 is 9.53 Å². The van der Waals surface area contributed by atoms with Gasteiger partial charge in [0.2, 0.25) is 0 Å². The van der Waals surface area contributed by atoms with E-state index in [2.05, 4.69) is 4.98 Å². The fourth-order valence-electron chi connectivity index (χ4n) is 1.99. The molecular formula is C12H18N2O2S. The largest absolute Gasteiger partial charge is 0.381 e. The van der Waals surface area contributed by atoms with Crippen molar-refractivity contribution >= 4 is 17.1 Å². The highest BCUT2D eigenvalue weighted by Gasteiger charge is 2.19. The number of ether oxygens (including phenoxy) is 1. The molecule has 0 aromatic carbocycles. The van der Waals surface area contributed by atoms with Gasteiger partial charge in [-0.3, -0.25) is 4.79 Å². The smallest absolute Gasteiger partial charge is 0.182 e. The Bertz CT molecular complexity index is 372. The standard InChI is InChI=1S/C12H18N2O2S/c13-4-1-12-14-10(8-17-12)11(15)7-9-2-5-16-6-3-9/h8-9H,1-7,13H2. The molecule has 0 radical (unpaired) electrons. The van der Waals surface area contributed by atoms with Crippen LogP contribution in [0.5, 0.6) is 0 Å². The van der Waals surface area contributed by atoms with Crippen molar-refractivity contribution in [2.75, 3.05) is 19.8 Å². The highest BCUT2D eigenvalue weighted by Crippen LogP contribution is 2.21. The van der Waals surface area contributed by atoms with Gasteiger partial charge < -0.3 is 10.5 Å². The Morgan fingerprint density at radius 2 is 2.29 bits per heavy atom. The molecule has 2 rings (SSSR count). The molecule has 0 aliphatic carbocycles. The van der Waals surface area contributed by atoms with Crippen LogP contribution in [0.1, 0.15) is 34.8 Å². The highest BCUT2D eigenvalue weighted by atomic mass is 32.1. The predicted octanol–water partition coefficient (Wildman–Crippen LogP) is 1.64. The van der Waals surface area contributed by atoms with Crippen LogP contribution in [0.2, 0.25) is 0 Å². The van der Waals surface area contributed by atoms with Gasteiger partial charge in [-0.2, -0.15) is 0 Å². The Morgan fingerprint density at radius 3 is 3.00 bits per heavy atom. The summed E-state index contributed by atoms with van der Waals surface area (Å²) < 4.78 is 5.28. The van der Waals surface area contributed by atoms with Crippen molar-refractivity contribution in [2.24, 2.45) is 11.7 Å². The summed E-state index contributed by atoms with van der Waals surface area (Å²) in [5.41, 5.74) is 6.08. The molecule has 1 aromatic heterocycles. The van der Waals surface area contributed by atoms with Gasteiger partial charge in [-0.1, -0.05) is 0 Å². The van der Waals surface area contributed by atoms with E-state index in [0.717, 1.165) is 37.5 Å². The lowest BCUT2D eigenvalue weighted by Gasteiger charge is -2.20. The van der Waals surface area contributed by atoms with Gasteiger partial charge in [0.15, 0.2) is 5.78 Å². The number of Topliss-reactive ketones (excluding diaryl/α,β-unsaturated/α-hetero) is 1. The Morgan fingerprint density at radius 1 is 1.53 bits per heavy atom. The van der Waals surface area contributed by atoms with Crippen LogP contribution >= 0.6 is 11.3 Å². The summed E-state index contributed by atoms with van der Waals surface area (Å²) in [6.07, 6.45) is 3.35. The van der Waals surface area contributed by atoms with Gasteiger partial charge >= 0.3 is 0 Å². The van der Waals surface area contributed by atoms with Crippen molar-refractivity contribution in [3.05, 3.63) is 16.1 Å². The third-order valence-corrected chi connectivity index (χ3v) is 3.92. The van der Waals surface area contributed by atoms with E-state index in [9.17, 15) is 4.79 Å². The summed E-state index contributed by atoms with van der Waals surface area (Å²) in [7, 11) is 0. The molecule has 2 heterocycles. The number of carbonyl (C=O) groups excluding carboxylic acids is 1. The molecule has 4 nitrogen and oxygen atoms in total. The van der Waals surface area contributed by atoms with Gasteiger partial charge in [0.05, 0.1) is 5.01 Å². The normalized spacial score (nSPS) is 17.2. The number of ketones is 1. The lowest BCUT2D eigenvalue weighted by atomic mass is 9.94. The van der Waals surface area contributed by atoms with Gasteiger partial charge in [0.1, 0.15) is 5.69 Å². The first-order chi connectivity index (χ1) is 8.29. The Labute approximate surface area is 105 Å². The molecule has 2 N–H and O–H groups in total. The molecule has 1 fully saturated rings. The van der Waals surface area contributed by atoms with E-state index in [1.165, 1.54) is 11.3 Å². The summed E-state index contributed by atoms with van der Waals surface area (Å²) in [5.74, 6) is 0.632. The topological polar surface area (TPSA) is 65.2 Å². The van der Waals surface area contributed by atoms with Crippen molar-refractivity contribution in [3.8, 4) is 0 Å². The van der Waals surface area contributed by atoms with Crippen LogP contribution in [-0.2, 0) is 11.2 Å². The van der Waals surface area contributed by atoms with Crippen LogP contribution in [0.25, 0.3) is 0 Å². The van der Waals surface area contributed by atoms with E-state index in [-0.39, 0.29) is 5.78 Å². The maximum absolute atomic E-state index is 12.0. The van der Waals surface area contributed by atoms with Gasteiger partial charge in [0.25, 0.3) is 0 Å². The molecule has 0 spiro atoms. The number of rotatable bonds is 5. The maximum atomic E-state index is 12.0. The summed E-state index contributed by atoms with van der Waals surface area (Å²) >= 11 is 1.53. The molecule has 1 aliphatic heterocycles. The molecule has 94 valence electrons. The minimum Gasteiger partial charge on any atom is -0.381 e. The van der Waals surface area contributed by atoms with Gasteiger partial charge in [-0.05, 0) is 25.3 Å². The average Bonchev–Trinajstić information content (AvgIpc) is 2.79.